The third-order valence-corrected chi connectivity index (χ3v) is 4.10. The van der Waals surface area contributed by atoms with Gasteiger partial charge in [-0.05, 0) is 51.2 Å². The van der Waals surface area contributed by atoms with Gasteiger partial charge in [-0.3, -0.25) is 0 Å². The molecular formula is C12H24N2. The van der Waals surface area contributed by atoms with Crippen molar-refractivity contribution in [1.82, 2.24) is 10.2 Å². The van der Waals surface area contributed by atoms with Gasteiger partial charge in [0.15, 0.2) is 0 Å². The van der Waals surface area contributed by atoms with Crippen molar-refractivity contribution in [3.05, 3.63) is 0 Å². The van der Waals surface area contributed by atoms with Crippen LogP contribution in [0.25, 0.3) is 0 Å². The summed E-state index contributed by atoms with van der Waals surface area (Å²) in [5.41, 5.74) is 0. The molecule has 2 aliphatic heterocycles. The Bertz CT molecular complexity index is 181. The minimum atomic E-state index is 0.822. The predicted molar refractivity (Wildman–Crippen MR) is 60.4 cm³/mol. The monoisotopic (exact) mass is 196 g/mol. The number of nitrogens with zero attached hydrogens (tertiary/aromatic N) is 1. The molecule has 0 radical (unpaired) electrons. The molecular weight excluding hydrogens is 172 g/mol. The molecule has 2 fully saturated rings. The molecule has 1 N–H and O–H groups in total. The molecule has 0 spiro atoms. The highest BCUT2D eigenvalue weighted by Gasteiger charge is 2.33. The van der Waals surface area contributed by atoms with Crippen LogP contribution >= 0.6 is 0 Å². The highest BCUT2D eigenvalue weighted by molar-refractivity contribution is 4.90. The molecule has 0 amide bonds. The van der Waals surface area contributed by atoms with E-state index in [1.165, 1.54) is 45.3 Å². The summed E-state index contributed by atoms with van der Waals surface area (Å²) < 4.78 is 0. The van der Waals surface area contributed by atoms with Crippen LogP contribution in [0.1, 0.15) is 32.6 Å². The third-order valence-electron chi connectivity index (χ3n) is 4.10. The summed E-state index contributed by atoms with van der Waals surface area (Å²) in [4.78, 5) is 2.50. The van der Waals surface area contributed by atoms with Gasteiger partial charge in [0.05, 0.1) is 0 Å². The smallest absolute Gasteiger partial charge is 0.0136 e. The van der Waals surface area contributed by atoms with E-state index in [9.17, 15) is 0 Å². The van der Waals surface area contributed by atoms with Crippen LogP contribution in [0.5, 0.6) is 0 Å². The average Bonchev–Trinajstić information content (AvgIpc) is 2.65. The molecule has 0 aromatic carbocycles. The number of rotatable bonds is 2. The summed E-state index contributed by atoms with van der Waals surface area (Å²) >= 11 is 0. The van der Waals surface area contributed by atoms with Crippen LogP contribution in [-0.2, 0) is 0 Å². The summed E-state index contributed by atoms with van der Waals surface area (Å²) in [5, 5.41) is 3.72. The largest absolute Gasteiger partial charge is 0.313 e. The zero-order valence-electron chi connectivity index (χ0n) is 9.63. The minimum absolute atomic E-state index is 0.822. The second-order valence-electron chi connectivity index (χ2n) is 5.10. The lowest BCUT2D eigenvalue weighted by molar-refractivity contribution is 0.161. The van der Waals surface area contributed by atoms with Crippen LogP contribution in [0.4, 0.5) is 0 Å². The first-order chi connectivity index (χ1) is 6.81. The van der Waals surface area contributed by atoms with Crippen LogP contribution in [0.15, 0.2) is 0 Å². The van der Waals surface area contributed by atoms with E-state index in [1.807, 2.05) is 0 Å². The maximum Gasteiger partial charge on any atom is 0.0136 e. The van der Waals surface area contributed by atoms with Gasteiger partial charge in [-0.15, -0.1) is 0 Å². The number of hydrogen-bond donors (Lipinski definition) is 1. The molecule has 0 aromatic rings. The Balaban J connectivity index is 1.92. The Hall–Kier alpha value is -0.0800. The van der Waals surface area contributed by atoms with E-state index < -0.39 is 0 Å². The van der Waals surface area contributed by atoms with Crippen molar-refractivity contribution in [2.75, 3.05) is 26.7 Å². The first-order valence-electron chi connectivity index (χ1n) is 6.23. The lowest BCUT2D eigenvalue weighted by Gasteiger charge is -2.35. The van der Waals surface area contributed by atoms with Crippen LogP contribution in [0.2, 0.25) is 0 Å². The summed E-state index contributed by atoms with van der Waals surface area (Å²) in [6.45, 7) is 6.22. The number of likely N-dealkylation sites (tertiary alicyclic amines) is 1. The lowest BCUT2D eigenvalue weighted by atomic mass is 9.83. The van der Waals surface area contributed by atoms with Gasteiger partial charge < -0.3 is 10.2 Å². The van der Waals surface area contributed by atoms with Gasteiger partial charge in [-0.2, -0.15) is 0 Å². The van der Waals surface area contributed by atoms with Gasteiger partial charge in [-0.25, -0.2) is 0 Å². The fourth-order valence-corrected chi connectivity index (χ4v) is 3.29. The number of hydrogen-bond acceptors (Lipinski definition) is 2. The zero-order valence-corrected chi connectivity index (χ0v) is 9.63. The topological polar surface area (TPSA) is 15.3 Å². The number of nitrogens with one attached hydrogen (secondary N) is 1. The van der Waals surface area contributed by atoms with Crippen LogP contribution in [0.3, 0.4) is 0 Å². The normalized spacial score (nSPS) is 40.3. The molecule has 0 aliphatic carbocycles. The van der Waals surface area contributed by atoms with E-state index in [1.54, 1.807) is 0 Å². The fraction of sp³-hybridized carbons (Fsp3) is 1.00. The van der Waals surface area contributed by atoms with E-state index in [0.717, 1.165) is 17.9 Å². The van der Waals surface area contributed by atoms with E-state index in [4.69, 9.17) is 0 Å². The van der Waals surface area contributed by atoms with Crippen LogP contribution in [-0.4, -0.2) is 37.6 Å². The van der Waals surface area contributed by atoms with Crippen molar-refractivity contribution in [2.45, 2.75) is 38.6 Å². The Labute approximate surface area is 88.1 Å². The molecule has 2 rings (SSSR count). The first kappa shape index (κ1) is 10.4. The Morgan fingerprint density at radius 2 is 2.21 bits per heavy atom. The highest BCUT2D eigenvalue weighted by Crippen LogP contribution is 2.29. The van der Waals surface area contributed by atoms with Crippen molar-refractivity contribution in [3.63, 3.8) is 0 Å². The van der Waals surface area contributed by atoms with Crippen molar-refractivity contribution in [1.29, 1.82) is 0 Å². The van der Waals surface area contributed by atoms with Gasteiger partial charge in [0.1, 0.15) is 0 Å². The minimum Gasteiger partial charge on any atom is -0.313 e. The van der Waals surface area contributed by atoms with Crippen molar-refractivity contribution in [2.24, 2.45) is 11.8 Å². The Morgan fingerprint density at radius 3 is 2.93 bits per heavy atom. The summed E-state index contributed by atoms with van der Waals surface area (Å²) in [7, 11) is 2.27. The third kappa shape index (κ3) is 2.12. The molecule has 14 heavy (non-hydrogen) atoms. The standard InChI is InChI=1S/C12H24N2/c1-3-10-6-7-13-12(10)11-5-4-8-14(2)9-11/h10-13H,3-9H2,1-2H3. The van der Waals surface area contributed by atoms with Gasteiger partial charge in [0, 0.05) is 12.6 Å². The summed E-state index contributed by atoms with van der Waals surface area (Å²) in [6, 6.07) is 0.822. The molecule has 82 valence electrons. The quantitative estimate of drug-likeness (QED) is 0.723. The van der Waals surface area contributed by atoms with E-state index in [-0.39, 0.29) is 0 Å². The maximum absolute atomic E-state index is 3.72. The summed E-state index contributed by atoms with van der Waals surface area (Å²) in [5.74, 6) is 1.87. The van der Waals surface area contributed by atoms with Crippen molar-refractivity contribution >= 4 is 0 Å². The molecule has 2 heterocycles. The molecule has 3 atom stereocenters. The maximum atomic E-state index is 3.72. The van der Waals surface area contributed by atoms with Gasteiger partial charge in [0.25, 0.3) is 0 Å². The molecule has 2 aliphatic rings. The first-order valence-corrected chi connectivity index (χ1v) is 6.23. The second-order valence-corrected chi connectivity index (χ2v) is 5.10. The SMILES string of the molecule is CCC1CCNC1C1CCCN(C)C1. The molecule has 0 saturated carbocycles. The Morgan fingerprint density at radius 1 is 1.36 bits per heavy atom. The molecule has 2 heteroatoms. The van der Waals surface area contributed by atoms with Crippen LogP contribution < -0.4 is 5.32 Å². The van der Waals surface area contributed by atoms with E-state index in [2.05, 4.69) is 24.2 Å². The predicted octanol–water partition coefficient (Wildman–Crippen LogP) is 1.72. The molecule has 0 bridgehead atoms. The zero-order chi connectivity index (χ0) is 9.97. The van der Waals surface area contributed by atoms with Crippen LogP contribution in [0, 0.1) is 11.8 Å². The van der Waals surface area contributed by atoms with Gasteiger partial charge in [0.2, 0.25) is 0 Å². The molecule has 2 nitrogen and oxygen atoms in total. The average molecular weight is 196 g/mol. The fourth-order valence-electron chi connectivity index (χ4n) is 3.29. The molecule has 2 saturated heterocycles. The lowest BCUT2D eigenvalue weighted by Crippen LogP contribution is -2.44. The highest BCUT2D eigenvalue weighted by atomic mass is 15.1. The van der Waals surface area contributed by atoms with Gasteiger partial charge in [-0.1, -0.05) is 13.3 Å². The second kappa shape index (κ2) is 4.63. The molecule has 3 unspecified atom stereocenters. The van der Waals surface area contributed by atoms with E-state index >= 15 is 0 Å². The van der Waals surface area contributed by atoms with Crippen molar-refractivity contribution < 1.29 is 0 Å². The van der Waals surface area contributed by atoms with E-state index in [0.29, 0.717) is 0 Å². The summed E-state index contributed by atoms with van der Waals surface area (Å²) in [6.07, 6.45) is 5.60. The Kier molecular flexibility index (Phi) is 3.45. The molecule has 0 aromatic heterocycles. The number of piperidine rings is 1. The van der Waals surface area contributed by atoms with Gasteiger partial charge >= 0.3 is 0 Å². The van der Waals surface area contributed by atoms with Crippen molar-refractivity contribution in [3.8, 4) is 0 Å².